The molecule has 0 fully saturated rings. The van der Waals surface area contributed by atoms with E-state index in [0.29, 0.717) is 6.61 Å². The highest BCUT2D eigenvalue weighted by Gasteiger charge is 2.23. The van der Waals surface area contributed by atoms with Gasteiger partial charge in [0.15, 0.2) is 0 Å². The van der Waals surface area contributed by atoms with E-state index in [0.717, 1.165) is 22.6 Å². The van der Waals surface area contributed by atoms with Crippen LogP contribution < -0.4 is 5.32 Å². The summed E-state index contributed by atoms with van der Waals surface area (Å²) in [5.74, 6) is 0.636. The molecule has 92 valence electrons. The summed E-state index contributed by atoms with van der Waals surface area (Å²) in [6.45, 7) is 2.09. The second-order valence-corrected chi connectivity index (χ2v) is 4.87. The molecule has 0 radical (unpaired) electrons. The molecule has 1 N–H and O–H groups in total. The monoisotopic (exact) mass is 255 g/mol. The van der Waals surface area contributed by atoms with Gasteiger partial charge in [-0.05, 0) is 37.1 Å². The Hall–Kier alpha value is -1.23. The van der Waals surface area contributed by atoms with E-state index >= 15 is 0 Å². The van der Waals surface area contributed by atoms with Gasteiger partial charge in [-0.25, -0.2) is 9.18 Å². The molecule has 1 atom stereocenters. The van der Waals surface area contributed by atoms with Crippen molar-refractivity contribution in [2.45, 2.75) is 24.3 Å². The van der Waals surface area contributed by atoms with Gasteiger partial charge in [0.2, 0.25) is 0 Å². The number of rotatable bonds is 2. The summed E-state index contributed by atoms with van der Waals surface area (Å²) in [4.78, 5) is 12.4. The molecule has 5 heteroatoms. The number of halogens is 1. The van der Waals surface area contributed by atoms with Crippen molar-refractivity contribution in [3.63, 3.8) is 0 Å². The zero-order valence-corrected chi connectivity index (χ0v) is 10.3. The predicted octanol–water partition coefficient (Wildman–Crippen LogP) is 3.11. The lowest BCUT2D eigenvalue weighted by molar-refractivity contribution is 0.147. The molecule has 3 nitrogen and oxygen atoms in total. The zero-order valence-electron chi connectivity index (χ0n) is 9.53. The zero-order chi connectivity index (χ0) is 12.3. The SMILES string of the molecule is CCOC(=O)NC1CCSc2ccc(F)cc21. The van der Waals surface area contributed by atoms with Gasteiger partial charge in [0.1, 0.15) is 5.82 Å². The summed E-state index contributed by atoms with van der Waals surface area (Å²) in [6, 6.07) is 4.53. The van der Waals surface area contributed by atoms with Gasteiger partial charge in [0.05, 0.1) is 12.6 Å². The van der Waals surface area contributed by atoms with E-state index in [4.69, 9.17) is 4.74 Å². The summed E-state index contributed by atoms with van der Waals surface area (Å²) in [7, 11) is 0. The minimum Gasteiger partial charge on any atom is -0.450 e. The first-order valence-electron chi connectivity index (χ1n) is 5.56. The molecule has 1 unspecified atom stereocenters. The van der Waals surface area contributed by atoms with E-state index in [1.807, 2.05) is 0 Å². The standard InChI is InChI=1S/C12H14FNO2S/c1-2-16-12(15)14-10-5-6-17-11-4-3-8(13)7-9(10)11/h3-4,7,10H,2,5-6H2,1H3,(H,14,15). The van der Waals surface area contributed by atoms with Crippen LogP contribution in [-0.2, 0) is 4.74 Å². The fourth-order valence-electron chi connectivity index (χ4n) is 1.83. The van der Waals surface area contributed by atoms with Crippen LogP contribution in [0.1, 0.15) is 24.9 Å². The Morgan fingerprint density at radius 2 is 2.47 bits per heavy atom. The molecule has 1 aliphatic heterocycles. The molecule has 1 amide bonds. The topological polar surface area (TPSA) is 38.3 Å². The quantitative estimate of drug-likeness (QED) is 0.882. The van der Waals surface area contributed by atoms with Gasteiger partial charge in [-0.3, -0.25) is 0 Å². The fourth-order valence-corrected chi connectivity index (χ4v) is 2.94. The predicted molar refractivity (Wildman–Crippen MR) is 64.6 cm³/mol. The molecule has 1 aromatic rings. The minimum absolute atomic E-state index is 0.152. The van der Waals surface area contributed by atoms with Crippen molar-refractivity contribution >= 4 is 17.9 Å². The van der Waals surface area contributed by atoms with Gasteiger partial charge in [0, 0.05) is 10.6 Å². The summed E-state index contributed by atoms with van der Waals surface area (Å²) in [5.41, 5.74) is 0.842. The molecule has 0 aliphatic carbocycles. The van der Waals surface area contributed by atoms with Crippen molar-refractivity contribution < 1.29 is 13.9 Å². The average molecular weight is 255 g/mol. The van der Waals surface area contributed by atoms with E-state index in [1.54, 1.807) is 24.8 Å². The maximum Gasteiger partial charge on any atom is 0.407 e. The average Bonchev–Trinajstić information content (AvgIpc) is 2.30. The number of carbonyl (C=O) groups is 1. The van der Waals surface area contributed by atoms with Crippen LogP contribution in [0.4, 0.5) is 9.18 Å². The lowest BCUT2D eigenvalue weighted by Crippen LogP contribution is -2.31. The highest BCUT2D eigenvalue weighted by atomic mass is 32.2. The fraction of sp³-hybridized carbons (Fsp3) is 0.417. The second-order valence-electron chi connectivity index (χ2n) is 3.74. The third-order valence-electron chi connectivity index (χ3n) is 2.58. The van der Waals surface area contributed by atoms with Crippen LogP contribution in [0.15, 0.2) is 23.1 Å². The van der Waals surface area contributed by atoms with Gasteiger partial charge in [-0.2, -0.15) is 0 Å². The van der Waals surface area contributed by atoms with Gasteiger partial charge < -0.3 is 10.1 Å². The molecule has 2 rings (SSSR count). The Bertz CT molecular complexity index is 425. The number of ether oxygens (including phenoxy) is 1. The van der Waals surface area contributed by atoms with E-state index < -0.39 is 6.09 Å². The molecule has 0 bridgehead atoms. The number of hydrogen-bond acceptors (Lipinski definition) is 3. The number of thioether (sulfide) groups is 1. The Kier molecular flexibility index (Phi) is 3.89. The number of nitrogens with one attached hydrogen (secondary N) is 1. The molecular formula is C12H14FNO2S. The van der Waals surface area contributed by atoms with Crippen molar-refractivity contribution in [1.82, 2.24) is 5.32 Å². The van der Waals surface area contributed by atoms with E-state index in [9.17, 15) is 9.18 Å². The lowest BCUT2D eigenvalue weighted by atomic mass is 10.0. The Morgan fingerprint density at radius 1 is 1.65 bits per heavy atom. The molecule has 0 saturated heterocycles. The normalized spacial score (nSPS) is 18.4. The molecule has 17 heavy (non-hydrogen) atoms. The van der Waals surface area contributed by atoms with E-state index in [2.05, 4.69) is 5.32 Å². The summed E-state index contributed by atoms with van der Waals surface area (Å²) >= 11 is 1.68. The van der Waals surface area contributed by atoms with Gasteiger partial charge >= 0.3 is 6.09 Å². The number of amides is 1. The van der Waals surface area contributed by atoms with Crippen LogP contribution in [0.25, 0.3) is 0 Å². The van der Waals surface area contributed by atoms with E-state index in [-0.39, 0.29) is 11.9 Å². The maximum absolute atomic E-state index is 13.2. The van der Waals surface area contributed by atoms with E-state index in [1.165, 1.54) is 12.1 Å². The van der Waals surface area contributed by atoms with Crippen LogP contribution in [0.3, 0.4) is 0 Å². The number of benzene rings is 1. The third-order valence-corrected chi connectivity index (χ3v) is 3.70. The first kappa shape index (κ1) is 12.2. The number of alkyl carbamates (subject to hydrolysis) is 1. The molecular weight excluding hydrogens is 241 g/mol. The van der Waals surface area contributed by atoms with Crippen molar-refractivity contribution in [2.75, 3.05) is 12.4 Å². The molecule has 0 aromatic heterocycles. The number of carbonyl (C=O) groups excluding carboxylic acids is 1. The number of hydrogen-bond donors (Lipinski definition) is 1. The lowest BCUT2D eigenvalue weighted by Gasteiger charge is -2.25. The molecule has 1 heterocycles. The van der Waals surface area contributed by atoms with Gasteiger partial charge in [-0.15, -0.1) is 11.8 Å². The van der Waals surface area contributed by atoms with Crippen molar-refractivity contribution in [3.8, 4) is 0 Å². The van der Waals surface area contributed by atoms with Crippen LogP contribution in [0.2, 0.25) is 0 Å². The summed E-state index contributed by atoms with van der Waals surface area (Å²) in [5, 5.41) is 2.76. The van der Waals surface area contributed by atoms with Gasteiger partial charge in [0.25, 0.3) is 0 Å². The second kappa shape index (κ2) is 5.40. The van der Waals surface area contributed by atoms with Crippen LogP contribution >= 0.6 is 11.8 Å². The van der Waals surface area contributed by atoms with Crippen LogP contribution in [-0.4, -0.2) is 18.5 Å². The Labute approximate surface area is 104 Å². The van der Waals surface area contributed by atoms with Crippen LogP contribution in [0.5, 0.6) is 0 Å². The summed E-state index contributed by atoms with van der Waals surface area (Å²) in [6.07, 6.45) is 0.347. The molecule has 1 aliphatic rings. The molecule has 0 spiro atoms. The molecule has 0 saturated carbocycles. The molecule has 1 aromatic carbocycles. The number of fused-ring (bicyclic) bond motifs is 1. The summed E-state index contributed by atoms with van der Waals surface area (Å²) < 4.78 is 18.0. The highest BCUT2D eigenvalue weighted by Crippen LogP contribution is 2.36. The van der Waals surface area contributed by atoms with Gasteiger partial charge in [-0.1, -0.05) is 0 Å². The van der Waals surface area contributed by atoms with Crippen LogP contribution in [0, 0.1) is 5.82 Å². The van der Waals surface area contributed by atoms with Crippen molar-refractivity contribution in [3.05, 3.63) is 29.6 Å². The Morgan fingerprint density at radius 3 is 3.24 bits per heavy atom. The Balaban J connectivity index is 2.16. The first-order valence-corrected chi connectivity index (χ1v) is 6.55. The smallest absolute Gasteiger partial charge is 0.407 e. The maximum atomic E-state index is 13.2. The van der Waals surface area contributed by atoms with Crippen molar-refractivity contribution in [1.29, 1.82) is 0 Å². The minimum atomic E-state index is -0.445. The first-order chi connectivity index (χ1) is 8.20. The largest absolute Gasteiger partial charge is 0.450 e. The highest BCUT2D eigenvalue weighted by molar-refractivity contribution is 7.99. The van der Waals surface area contributed by atoms with Crippen molar-refractivity contribution in [2.24, 2.45) is 0 Å². The third kappa shape index (κ3) is 2.91.